The number of hydrogen-bond acceptors (Lipinski definition) is 4. The van der Waals surface area contributed by atoms with Gasteiger partial charge in [-0.2, -0.15) is 0 Å². The number of hydrogen-bond donors (Lipinski definition) is 1. The second-order valence-corrected chi connectivity index (χ2v) is 4.32. The van der Waals surface area contributed by atoms with E-state index in [4.69, 9.17) is 4.42 Å². The highest BCUT2D eigenvalue weighted by molar-refractivity contribution is 5.52. The average Bonchev–Trinajstić information content (AvgIpc) is 2.84. The van der Waals surface area contributed by atoms with Crippen molar-refractivity contribution in [3.8, 4) is 11.5 Å². The van der Waals surface area contributed by atoms with Crippen molar-refractivity contribution in [3.05, 3.63) is 35.7 Å². The predicted molar refractivity (Wildman–Crippen MR) is 71.3 cm³/mol. The molecule has 18 heavy (non-hydrogen) atoms. The third-order valence-corrected chi connectivity index (χ3v) is 2.76. The summed E-state index contributed by atoms with van der Waals surface area (Å²) in [6, 6.07) is 8.10. The van der Waals surface area contributed by atoms with Crippen LogP contribution >= 0.6 is 0 Å². The van der Waals surface area contributed by atoms with Crippen molar-refractivity contribution in [1.82, 2.24) is 15.5 Å². The molecule has 0 aliphatic carbocycles. The highest BCUT2D eigenvalue weighted by Gasteiger charge is 2.07. The highest BCUT2D eigenvalue weighted by Crippen LogP contribution is 2.18. The first kappa shape index (κ1) is 12.8. The summed E-state index contributed by atoms with van der Waals surface area (Å²) >= 11 is 0. The van der Waals surface area contributed by atoms with Crippen molar-refractivity contribution in [1.29, 1.82) is 0 Å². The van der Waals surface area contributed by atoms with E-state index in [2.05, 4.69) is 29.4 Å². The Hall–Kier alpha value is -1.68. The van der Waals surface area contributed by atoms with Crippen molar-refractivity contribution in [2.45, 2.75) is 26.7 Å². The Bertz CT molecular complexity index is 476. The maximum atomic E-state index is 5.64. The van der Waals surface area contributed by atoms with Crippen LogP contribution in [0.5, 0.6) is 0 Å². The summed E-state index contributed by atoms with van der Waals surface area (Å²) < 4.78 is 5.64. The Balaban J connectivity index is 1.95. The Morgan fingerprint density at radius 2 is 1.94 bits per heavy atom. The van der Waals surface area contributed by atoms with Crippen molar-refractivity contribution < 1.29 is 4.42 Å². The summed E-state index contributed by atoms with van der Waals surface area (Å²) in [5, 5.41) is 11.4. The van der Waals surface area contributed by atoms with Crippen LogP contribution in [0.2, 0.25) is 0 Å². The third-order valence-electron chi connectivity index (χ3n) is 2.76. The van der Waals surface area contributed by atoms with E-state index in [0.29, 0.717) is 11.8 Å². The maximum Gasteiger partial charge on any atom is 0.247 e. The van der Waals surface area contributed by atoms with Crippen LogP contribution in [0, 0.1) is 6.92 Å². The standard InChI is InChI=1S/C14H19N3O/c1-3-15-10-4-5-13-16-17-14(18-13)12-8-6-11(2)7-9-12/h6-9,15H,3-5,10H2,1-2H3. The summed E-state index contributed by atoms with van der Waals surface area (Å²) in [5.74, 6) is 1.32. The summed E-state index contributed by atoms with van der Waals surface area (Å²) in [5.41, 5.74) is 2.20. The molecule has 1 N–H and O–H groups in total. The Morgan fingerprint density at radius 3 is 2.67 bits per heavy atom. The first-order chi connectivity index (χ1) is 8.79. The van der Waals surface area contributed by atoms with E-state index in [0.717, 1.165) is 31.5 Å². The summed E-state index contributed by atoms with van der Waals surface area (Å²) in [6.45, 7) is 6.14. The SMILES string of the molecule is CCNCCCc1nnc(-c2ccc(C)cc2)o1. The van der Waals surface area contributed by atoms with Crippen LogP contribution in [-0.4, -0.2) is 23.3 Å². The van der Waals surface area contributed by atoms with Crippen molar-refractivity contribution in [2.75, 3.05) is 13.1 Å². The van der Waals surface area contributed by atoms with Crippen molar-refractivity contribution in [2.24, 2.45) is 0 Å². The molecule has 0 aliphatic rings. The second-order valence-electron chi connectivity index (χ2n) is 4.32. The third kappa shape index (κ3) is 3.40. The lowest BCUT2D eigenvalue weighted by molar-refractivity contribution is 0.492. The molecule has 0 atom stereocenters. The molecule has 2 aromatic rings. The number of benzene rings is 1. The molecule has 1 heterocycles. The van der Waals surface area contributed by atoms with Crippen LogP contribution in [0.1, 0.15) is 24.8 Å². The molecule has 4 heteroatoms. The van der Waals surface area contributed by atoms with Crippen LogP contribution in [0.15, 0.2) is 28.7 Å². The fourth-order valence-electron chi connectivity index (χ4n) is 1.71. The zero-order valence-corrected chi connectivity index (χ0v) is 10.9. The van der Waals surface area contributed by atoms with E-state index in [9.17, 15) is 0 Å². The Kier molecular flexibility index (Phi) is 4.47. The molecule has 0 amide bonds. The minimum atomic E-state index is 0.605. The number of nitrogens with zero attached hydrogens (tertiary/aromatic N) is 2. The Labute approximate surface area is 107 Å². The Morgan fingerprint density at radius 1 is 1.17 bits per heavy atom. The number of rotatable bonds is 6. The fourth-order valence-corrected chi connectivity index (χ4v) is 1.71. The van der Waals surface area contributed by atoms with Gasteiger partial charge in [0.2, 0.25) is 11.8 Å². The topological polar surface area (TPSA) is 51.0 Å². The minimum Gasteiger partial charge on any atom is -0.421 e. The van der Waals surface area contributed by atoms with Gasteiger partial charge in [0.05, 0.1) is 0 Å². The van der Waals surface area contributed by atoms with Gasteiger partial charge in [-0.3, -0.25) is 0 Å². The zero-order valence-electron chi connectivity index (χ0n) is 10.9. The molecule has 2 rings (SSSR count). The predicted octanol–water partition coefficient (Wildman–Crippen LogP) is 2.59. The molecule has 96 valence electrons. The summed E-state index contributed by atoms with van der Waals surface area (Å²) in [6.07, 6.45) is 1.84. The van der Waals surface area contributed by atoms with Gasteiger partial charge in [-0.05, 0) is 38.6 Å². The number of aromatic nitrogens is 2. The number of nitrogens with one attached hydrogen (secondary N) is 1. The van der Waals surface area contributed by atoms with Crippen LogP contribution in [0.4, 0.5) is 0 Å². The average molecular weight is 245 g/mol. The molecule has 0 bridgehead atoms. The molecule has 0 saturated carbocycles. The van der Waals surface area contributed by atoms with E-state index in [1.54, 1.807) is 0 Å². The minimum absolute atomic E-state index is 0.605. The summed E-state index contributed by atoms with van der Waals surface area (Å²) in [4.78, 5) is 0. The smallest absolute Gasteiger partial charge is 0.247 e. The van der Waals surface area contributed by atoms with Gasteiger partial charge >= 0.3 is 0 Å². The molecule has 0 fully saturated rings. The first-order valence-corrected chi connectivity index (χ1v) is 6.39. The quantitative estimate of drug-likeness (QED) is 0.795. The van der Waals surface area contributed by atoms with Gasteiger partial charge in [-0.15, -0.1) is 10.2 Å². The van der Waals surface area contributed by atoms with E-state index in [1.165, 1.54) is 5.56 Å². The number of aryl methyl sites for hydroxylation is 2. The highest BCUT2D eigenvalue weighted by atomic mass is 16.4. The molecule has 4 nitrogen and oxygen atoms in total. The molecule has 0 spiro atoms. The van der Waals surface area contributed by atoms with Crippen LogP contribution < -0.4 is 5.32 Å². The second kappa shape index (κ2) is 6.31. The molecular weight excluding hydrogens is 226 g/mol. The van der Waals surface area contributed by atoms with Gasteiger partial charge < -0.3 is 9.73 Å². The summed E-state index contributed by atoms with van der Waals surface area (Å²) in [7, 11) is 0. The lowest BCUT2D eigenvalue weighted by atomic mass is 10.1. The largest absolute Gasteiger partial charge is 0.421 e. The molecular formula is C14H19N3O. The van der Waals surface area contributed by atoms with Crippen molar-refractivity contribution >= 4 is 0 Å². The van der Waals surface area contributed by atoms with Gasteiger partial charge in [0.15, 0.2) is 0 Å². The van der Waals surface area contributed by atoms with E-state index >= 15 is 0 Å². The molecule has 0 saturated heterocycles. The van der Waals surface area contributed by atoms with Gasteiger partial charge in [0, 0.05) is 12.0 Å². The van der Waals surface area contributed by atoms with Crippen molar-refractivity contribution in [3.63, 3.8) is 0 Å². The first-order valence-electron chi connectivity index (χ1n) is 6.39. The van der Waals surface area contributed by atoms with Gasteiger partial charge in [-0.25, -0.2) is 0 Å². The van der Waals surface area contributed by atoms with Crippen LogP contribution in [-0.2, 0) is 6.42 Å². The molecule has 1 aromatic carbocycles. The van der Waals surface area contributed by atoms with Gasteiger partial charge in [0.25, 0.3) is 0 Å². The molecule has 1 aromatic heterocycles. The lowest BCUT2D eigenvalue weighted by Gasteiger charge is -1.98. The molecule has 0 aliphatic heterocycles. The van der Waals surface area contributed by atoms with E-state index < -0.39 is 0 Å². The van der Waals surface area contributed by atoms with Gasteiger partial charge in [-0.1, -0.05) is 24.6 Å². The van der Waals surface area contributed by atoms with E-state index in [1.807, 2.05) is 24.3 Å². The normalized spacial score (nSPS) is 10.8. The van der Waals surface area contributed by atoms with Gasteiger partial charge in [0.1, 0.15) is 0 Å². The van der Waals surface area contributed by atoms with E-state index in [-0.39, 0.29) is 0 Å². The monoisotopic (exact) mass is 245 g/mol. The van der Waals surface area contributed by atoms with Crippen LogP contribution in [0.25, 0.3) is 11.5 Å². The molecule has 0 unspecified atom stereocenters. The molecule has 0 radical (unpaired) electrons. The van der Waals surface area contributed by atoms with Crippen LogP contribution in [0.3, 0.4) is 0 Å². The fraction of sp³-hybridized carbons (Fsp3) is 0.429. The lowest BCUT2D eigenvalue weighted by Crippen LogP contribution is -2.14. The maximum absolute atomic E-state index is 5.64. The zero-order chi connectivity index (χ0) is 12.8.